The van der Waals surface area contributed by atoms with Crippen LogP contribution >= 0.6 is 0 Å². The molecule has 0 aliphatic carbocycles. The number of ether oxygens (including phenoxy) is 4. The van der Waals surface area contributed by atoms with Crippen LogP contribution in [0.4, 0.5) is 0 Å². The Hall–Kier alpha value is -0.580. The summed E-state index contributed by atoms with van der Waals surface area (Å²) in [5.41, 5.74) is 0. The predicted octanol–water partition coefficient (Wildman–Crippen LogP) is 10.9. The zero-order valence-electron chi connectivity index (χ0n) is 25.5. The van der Waals surface area contributed by atoms with Gasteiger partial charge in [-0.25, -0.2) is 0 Å². The molecular formula is C33H66O4. The summed E-state index contributed by atoms with van der Waals surface area (Å²) in [5.74, 6) is 0. The van der Waals surface area contributed by atoms with E-state index >= 15 is 0 Å². The van der Waals surface area contributed by atoms with Crippen molar-refractivity contribution in [2.45, 2.75) is 175 Å². The number of rotatable bonds is 32. The zero-order valence-corrected chi connectivity index (χ0v) is 25.5. The van der Waals surface area contributed by atoms with Crippen LogP contribution in [0.25, 0.3) is 0 Å². The fourth-order valence-corrected chi connectivity index (χ4v) is 4.43. The maximum absolute atomic E-state index is 6.03. The van der Waals surface area contributed by atoms with Gasteiger partial charge in [0.2, 0.25) is 0 Å². The van der Waals surface area contributed by atoms with Crippen molar-refractivity contribution in [3.05, 3.63) is 12.3 Å². The molecule has 0 heterocycles. The first-order valence-corrected chi connectivity index (χ1v) is 16.4. The average molecular weight is 527 g/mol. The Morgan fingerprint density at radius 3 is 1.54 bits per heavy atom. The summed E-state index contributed by atoms with van der Waals surface area (Å²) in [6, 6.07) is 0. The van der Waals surface area contributed by atoms with Gasteiger partial charge in [0.05, 0.1) is 12.9 Å². The van der Waals surface area contributed by atoms with Gasteiger partial charge in [0.1, 0.15) is 0 Å². The predicted molar refractivity (Wildman–Crippen MR) is 160 cm³/mol. The molecule has 222 valence electrons. The standard InChI is InChI=1S/C33H66O4/c1-4-7-10-11-20-25-28-34-32-35-29-26-21-18-16-14-12-13-15-17-19-22-27-33(36-30-23-8-5-2)37-31-24-9-6-3/h26,29,33H,4-25,27-28,30-32H2,1-3H3. The van der Waals surface area contributed by atoms with Crippen LogP contribution in [0.3, 0.4) is 0 Å². The largest absolute Gasteiger partial charge is 0.475 e. The van der Waals surface area contributed by atoms with E-state index < -0.39 is 0 Å². The van der Waals surface area contributed by atoms with Crippen LogP contribution in [0.2, 0.25) is 0 Å². The Bertz CT molecular complexity index is 415. The number of hydrogen-bond donors (Lipinski definition) is 0. The minimum absolute atomic E-state index is 0.0193. The molecule has 0 aromatic carbocycles. The van der Waals surface area contributed by atoms with E-state index in [4.69, 9.17) is 18.9 Å². The third-order valence-electron chi connectivity index (χ3n) is 6.90. The lowest BCUT2D eigenvalue weighted by molar-refractivity contribution is -0.148. The van der Waals surface area contributed by atoms with E-state index in [2.05, 4.69) is 26.8 Å². The molecule has 0 saturated carbocycles. The van der Waals surface area contributed by atoms with Gasteiger partial charge in [-0.15, -0.1) is 0 Å². The van der Waals surface area contributed by atoms with E-state index in [0.717, 1.165) is 51.9 Å². The van der Waals surface area contributed by atoms with Crippen LogP contribution in [0.15, 0.2) is 12.3 Å². The normalized spacial score (nSPS) is 11.8. The molecule has 0 saturated heterocycles. The highest BCUT2D eigenvalue weighted by molar-refractivity contribution is 4.72. The van der Waals surface area contributed by atoms with Gasteiger partial charge in [-0.3, -0.25) is 0 Å². The molecule has 4 heteroatoms. The first-order valence-electron chi connectivity index (χ1n) is 16.4. The lowest BCUT2D eigenvalue weighted by Crippen LogP contribution is -2.19. The first-order chi connectivity index (χ1) is 18.3. The lowest BCUT2D eigenvalue weighted by atomic mass is 10.1. The lowest BCUT2D eigenvalue weighted by Gasteiger charge is -2.18. The van der Waals surface area contributed by atoms with Gasteiger partial charge in [-0.05, 0) is 51.0 Å². The van der Waals surface area contributed by atoms with E-state index in [1.165, 1.54) is 116 Å². The van der Waals surface area contributed by atoms with Gasteiger partial charge in [-0.2, -0.15) is 0 Å². The quantitative estimate of drug-likeness (QED) is 0.0496. The Kier molecular flexibility index (Phi) is 32.9. The molecule has 0 aliphatic rings. The summed E-state index contributed by atoms with van der Waals surface area (Å²) in [6.45, 7) is 9.65. The molecule has 0 atom stereocenters. The molecular weight excluding hydrogens is 460 g/mol. The Labute approximate surface area is 232 Å². The van der Waals surface area contributed by atoms with Gasteiger partial charge < -0.3 is 18.9 Å². The van der Waals surface area contributed by atoms with E-state index in [0.29, 0.717) is 6.79 Å². The van der Waals surface area contributed by atoms with Crippen LogP contribution in [0, 0.1) is 0 Å². The molecule has 0 N–H and O–H groups in total. The second kappa shape index (κ2) is 33.4. The fraction of sp³-hybridized carbons (Fsp3) is 0.939. The van der Waals surface area contributed by atoms with Gasteiger partial charge in [0.25, 0.3) is 0 Å². The second-order valence-corrected chi connectivity index (χ2v) is 10.7. The summed E-state index contributed by atoms with van der Waals surface area (Å²) in [4.78, 5) is 0. The second-order valence-electron chi connectivity index (χ2n) is 10.7. The molecule has 0 unspecified atom stereocenters. The molecule has 0 bridgehead atoms. The number of unbranched alkanes of at least 4 members (excludes halogenated alkanes) is 18. The summed E-state index contributed by atoms with van der Waals surface area (Å²) in [7, 11) is 0. The third-order valence-corrected chi connectivity index (χ3v) is 6.90. The molecule has 4 nitrogen and oxygen atoms in total. The maximum atomic E-state index is 6.03. The molecule has 37 heavy (non-hydrogen) atoms. The van der Waals surface area contributed by atoms with Crippen LogP contribution in [-0.4, -0.2) is 32.9 Å². The van der Waals surface area contributed by atoms with Crippen molar-refractivity contribution in [1.29, 1.82) is 0 Å². The van der Waals surface area contributed by atoms with E-state index in [1.54, 1.807) is 0 Å². The van der Waals surface area contributed by atoms with Crippen LogP contribution in [0.5, 0.6) is 0 Å². The first kappa shape index (κ1) is 36.4. The molecule has 0 aromatic rings. The molecule has 0 aromatic heterocycles. The Balaban J connectivity index is 3.42. The molecule has 0 fully saturated rings. The average Bonchev–Trinajstić information content (AvgIpc) is 2.91. The summed E-state index contributed by atoms with van der Waals surface area (Å²) >= 11 is 0. The summed E-state index contributed by atoms with van der Waals surface area (Å²) < 4.78 is 23.0. The minimum atomic E-state index is 0.0193. The summed E-state index contributed by atoms with van der Waals surface area (Å²) in [6.07, 6.45) is 33.2. The zero-order chi connectivity index (χ0) is 26.9. The van der Waals surface area contributed by atoms with Crippen molar-refractivity contribution in [1.82, 2.24) is 0 Å². The van der Waals surface area contributed by atoms with Crippen molar-refractivity contribution in [2.75, 3.05) is 26.6 Å². The van der Waals surface area contributed by atoms with Crippen molar-refractivity contribution < 1.29 is 18.9 Å². The maximum Gasteiger partial charge on any atom is 0.188 e. The number of hydrogen-bond acceptors (Lipinski definition) is 4. The smallest absolute Gasteiger partial charge is 0.188 e. The molecule has 0 amide bonds. The molecule has 0 radical (unpaired) electrons. The van der Waals surface area contributed by atoms with Crippen LogP contribution < -0.4 is 0 Å². The number of allylic oxidation sites excluding steroid dienone is 1. The van der Waals surface area contributed by atoms with Crippen molar-refractivity contribution in [2.24, 2.45) is 0 Å². The monoisotopic (exact) mass is 526 g/mol. The minimum Gasteiger partial charge on any atom is -0.475 e. The van der Waals surface area contributed by atoms with Crippen molar-refractivity contribution in [3.8, 4) is 0 Å². The van der Waals surface area contributed by atoms with E-state index in [9.17, 15) is 0 Å². The van der Waals surface area contributed by atoms with Gasteiger partial charge in [0.15, 0.2) is 13.1 Å². The SMILES string of the molecule is CCCCCCCCOCOC=CCCCCCCCCCCCC(OCCCCC)OCCCCC. The highest BCUT2D eigenvalue weighted by Gasteiger charge is 2.09. The fourth-order valence-electron chi connectivity index (χ4n) is 4.43. The van der Waals surface area contributed by atoms with Crippen molar-refractivity contribution in [3.63, 3.8) is 0 Å². The molecule has 0 rings (SSSR count). The molecule has 0 aliphatic heterocycles. The highest BCUT2D eigenvalue weighted by Crippen LogP contribution is 2.15. The summed E-state index contributed by atoms with van der Waals surface area (Å²) in [5, 5.41) is 0. The van der Waals surface area contributed by atoms with E-state index in [1.807, 2.05) is 6.26 Å². The van der Waals surface area contributed by atoms with Gasteiger partial charge in [0, 0.05) is 13.2 Å². The van der Waals surface area contributed by atoms with Crippen LogP contribution in [-0.2, 0) is 18.9 Å². The van der Waals surface area contributed by atoms with Crippen molar-refractivity contribution >= 4 is 0 Å². The molecule has 0 spiro atoms. The Morgan fingerprint density at radius 1 is 0.486 bits per heavy atom. The van der Waals surface area contributed by atoms with Gasteiger partial charge >= 0.3 is 0 Å². The third kappa shape index (κ3) is 31.5. The van der Waals surface area contributed by atoms with Gasteiger partial charge in [-0.1, -0.05) is 124 Å². The van der Waals surface area contributed by atoms with E-state index in [-0.39, 0.29) is 6.29 Å². The topological polar surface area (TPSA) is 36.9 Å². The van der Waals surface area contributed by atoms with Crippen LogP contribution in [0.1, 0.15) is 168 Å². The Morgan fingerprint density at radius 2 is 0.946 bits per heavy atom. The highest BCUT2D eigenvalue weighted by atomic mass is 16.7.